The Morgan fingerprint density at radius 2 is 1.93 bits per heavy atom. The molecule has 1 heterocycles. The van der Waals surface area contributed by atoms with E-state index in [1.807, 2.05) is 25.1 Å². The molecule has 3 rings (SSSR count). The van der Waals surface area contributed by atoms with E-state index in [4.69, 9.17) is 4.74 Å². The van der Waals surface area contributed by atoms with Crippen molar-refractivity contribution < 1.29 is 14.3 Å². The Morgan fingerprint density at radius 3 is 2.69 bits per heavy atom. The molecule has 1 unspecified atom stereocenters. The molecule has 0 aliphatic carbocycles. The maximum atomic E-state index is 12.4. The average Bonchev–Trinajstić information content (AvgIpc) is 2.69. The second-order valence-electron chi connectivity index (χ2n) is 6.90. The van der Waals surface area contributed by atoms with E-state index in [-0.39, 0.29) is 18.4 Å². The lowest BCUT2D eigenvalue weighted by atomic mass is 10.2. The molecule has 150 valence electrons. The molecule has 7 heteroatoms. The number of para-hydroxylation sites is 1. The SMILES string of the molecule is Cc1cccc(NC(=O)C(C)OC(=O)CCc2nc3ccccc3c(=O)n2C)c1. The third-order valence-corrected chi connectivity index (χ3v) is 4.59. The van der Waals surface area contributed by atoms with Crippen LogP contribution < -0.4 is 10.9 Å². The molecule has 1 atom stereocenters. The maximum absolute atomic E-state index is 12.4. The number of hydrogen-bond acceptors (Lipinski definition) is 5. The number of rotatable bonds is 6. The van der Waals surface area contributed by atoms with Gasteiger partial charge in [0.1, 0.15) is 5.82 Å². The first-order valence-electron chi connectivity index (χ1n) is 9.37. The summed E-state index contributed by atoms with van der Waals surface area (Å²) in [5.74, 6) is -0.443. The molecule has 0 aliphatic heterocycles. The molecule has 3 aromatic rings. The Labute approximate surface area is 168 Å². The lowest BCUT2D eigenvalue weighted by Crippen LogP contribution is -2.30. The number of ether oxygens (including phenoxy) is 1. The summed E-state index contributed by atoms with van der Waals surface area (Å²) in [7, 11) is 1.63. The van der Waals surface area contributed by atoms with Crippen LogP contribution in [-0.4, -0.2) is 27.5 Å². The minimum Gasteiger partial charge on any atom is -0.453 e. The van der Waals surface area contributed by atoms with Crippen LogP contribution in [0.4, 0.5) is 5.69 Å². The lowest BCUT2D eigenvalue weighted by molar-refractivity contribution is -0.153. The molecule has 0 bridgehead atoms. The molecular weight excluding hydrogens is 370 g/mol. The fourth-order valence-electron chi connectivity index (χ4n) is 2.98. The minimum absolute atomic E-state index is 0.0146. The highest BCUT2D eigenvalue weighted by Crippen LogP contribution is 2.12. The van der Waals surface area contributed by atoms with Gasteiger partial charge in [0.25, 0.3) is 11.5 Å². The van der Waals surface area contributed by atoms with Crippen LogP contribution in [0.15, 0.2) is 53.3 Å². The highest BCUT2D eigenvalue weighted by atomic mass is 16.5. The number of nitrogens with zero attached hydrogens (tertiary/aromatic N) is 2. The predicted molar refractivity (Wildman–Crippen MR) is 111 cm³/mol. The normalized spacial score (nSPS) is 11.8. The van der Waals surface area contributed by atoms with Gasteiger partial charge in [-0.25, -0.2) is 4.98 Å². The summed E-state index contributed by atoms with van der Waals surface area (Å²) in [6, 6.07) is 14.4. The molecule has 0 saturated carbocycles. The van der Waals surface area contributed by atoms with Gasteiger partial charge in [-0.2, -0.15) is 0 Å². The third kappa shape index (κ3) is 4.87. The van der Waals surface area contributed by atoms with E-state index in [1.54, 1.807) is 37.4 Å². The van der Waals surface area contributed by atoms with Gasteiger partial charge in [0.15, 0.2) is 6.10 Å². The second-order valence-corrected chi connectivity index (χ2v) is 6.90. The van der Waals surface area contributed by atoms with Gasteiger partial charge in [-0.1, -0.05) is 24.3 Å². The number of benzene rings is 2. The average molecular weight is 393 g/mol. The highest BCUT2D eigenvalue weighted by molar-refractivity contribution is 5.95. The fraction of sp³-hybridized carbons (Fsp3) is 0.273. The van der Waals surface area contributed by atoms with Crippen LogP contribution >= 0.6 is 0 Å². The standard InChI is InChI=1S/C22H23N3O4/c1-14-7-6-8-16(13-14)23-21(27)15(2)29-20(26)12-11-19-24-18-10-5-4-9-17(18)22(28)25(19)3/h4-10,13,15H,11-12H2,1-3H3,(H,23,27). The Hall–Kier alpha value is -3.48. The number of carbonyl (C=O) groups excluding carboxylic acids is 2. The number of anilines is 1. The molecule has 7 nitrogen and oxygen atoms in total. The number of aryl methyl sites for hydroxylation is 2. The molecule has 0 spiro atoms. The number of hydrogen-bond donors (Lipinski definition) is 1. The Morgan fingerprint density at radius 1 is 1.17 bits per heavy atom. The Balaban J connectivity index is 1.59. The zero-order valence-corrected chi connectivity index (χ0v) is 16.6. The Kier molecular flexibility index (Phi) is 6.07. The van der Waals surface area contributed by atoms with Crippen LogP contribution in [0.1, 0.15) is 24.7 Å². The van der Waals surface area contributed by atoms with E-state index in [2.05, 4.69) is 10.3 Å². The van der Waals surface area contributed by atoms with Crippen LogP contribution in [0.2, 0.25) is 0 Å². The number of fused-ring (bicyclic) bond motifs is 1. The van der Waals surface area contributed by atoms with Crippen molar-refractivity contribution in [3.8, 4) is 0 Å². The van der Waals surface area contributed by atoms with E-state index in [9.17, 15) is 14.4 Å². The van der Waals surface area contributed by atoms with Gasteiger partial charge >= 0.3 is 5.97 Å². The van der Waals surface area contributed by atoms with Crippen LogP contribution in [-0.2, 0) is 27.8 Å². The van der Waals surface area contributed by atoms with E-state index < -0.39 is 18.0 Å². The van der Waals surface area contributed by atoms with Crippen LogP contribution in [0, 0.1) is 6.92 Å². The molecule has 0 aliphatic rings. The molecule has 0 radical (unpaired) electrons. The summed E-state index contributed by atoms with van der Waals surface area (Å²) in [6.07, 6.45) is -0.682. The van der Waals surface area contributed by atoms with Crippen molar-refractivity contribution in [3.05, 3.63) is 70.3 Å². The summed E-state index contributed by atoms with van der Waals surface area (Å²) in [6.45, 7) is 3.44. The second kappa shape index (κ2) is 8.68. The number of aromatic nitrogens is 2. The van der Waals surface area contributed by atoms with Crippen LogP contribution in [0.3, 0.4) is 0 Å². The molecular formula is C22H23N3O4. The van der Waals surface area contributed by atoms with Crippen molar-refractivity contribution in [1.29, 1.82) is 0 Å². The van der Waals surface area contributed by atoms with Gasteiger partial charge in [0.05, 0.1) is 17.3 Å². The number of amides is 1. The molecule has 0 saturated heterocycles. The van der Waals surface area contributed by atoms with Gasteiger partial charge in [-0.3, -0.25) is 19.0 Å². The van der Waals surface area contributed by atoms with Crippen molar-refractivity contribution in [2.24, 2.45) is 7.05 Å². The molecule has 1 N–H and O–H groups in total. The summed E-state index contributed by atoms with van der Waals surface area (Å²) < 4.78 is 6.66. The third-order valence-electron chi connectivity index (χ3n) is 4.59. The van der Waals surface area contributed by atoms with Gasteiger partial charge in [0, 0.05) is 19.2 Å². The monoisotopic (exact) mass is 393 g/mol. The Bertz CT molecular complexity index is 1120. The van der Waals surface area contributed by atoms with E-state index in [1.165, 1.54) is 11.5 Å². The zero-order chi connectivity index (χ0) is 21.0. The summed E-state index contributed by atoms with van der Waals surface area (Å²) in [5, 5.41) is 3.25. The predicted octanol–water partition coefficient (Wildman–Crippen LogP) is 2.74. The van der Waals surface area contributed by atoms with Gasteiger partial charge in [0.2, 0.25) is 0 Å². The van der Waals surface area contributed by atoms with Crippen molar-refractivity contribution in [1.82, 2.24) is 9.55 Å². The van der Waals surface area contributed by atoms with E-state index >= 15 is 0 Å². The fourth-order valence-corrected chi connectivity index (χ4v) is 2.98. The van der Waals surface area contributed by atoms with Crippen molar-refractivity contribution in [2.75, 3.05) is 5.32 Å². The van der Waals surface area contributed by atoms with Crippen LogP contribution in [0.5, 0.6) is 0 Å². The van der Waals surface area contributed by atoms with Crippen molar-refractivity contribution in [3.63, 3.8) is 0 Å². The molecule has 1 aromatic heterocycles. The first kappa shape index (κ1) is 20.3. The van der Waals surface area contributed by atoms with Gasteiger partial charge in [-0.15, -0.1) is 0 Å². The zero-order valence-electron chi connectivity index (χ0n) is 16.6. The quantitative estimate of drug-likeness (QED) is 0.651. The topological polar surface area (TPSA) is 90.3 Å². The van der Waals surface area contributed by atoms with E-state index in [0.717, 1.165) is 5.56 Å². The summed E-state index contributed by atoms with van der Waals surface area (Å²) in [5.41, 5.74) is 2.09. The van der Waals surface area contributed by atoms with Crippen molar-refractivity contribution >= 4 is 28.5 Å². The molecule has 0 fully saturated rings. The highest BCUT2D eigenvalue weighted by Gasteiger charge is 2.18. The van der Waals surface area contributed by atoms with Crippen LogP contribution in [0.25, 0.3) is 10.9 Å². The van der Waals surface area contributed by atoms with Gasteiger partial charge in [-0.05, 0) is 43.7 Å². The number of esters is 1. The summed E-state index contributed by atoms with van der Waals surface area (Å²) >= 11 is 0. The minimum atomic E-state index is -0.934. The first-order valence-corrected chi connectivity index (χ1v) is 9.37. The number of nitrogens with one attached hydrogen (secondary N) is 1. The largest absolute Gasteiger partial charge is 0.453 e. The molecule has 29 heavy (non-hydrogen) atoms. The maximum Gasteiger partial charge on any atom is 0.307 e. The van der Waals surface area contributed by atoms with Gasteiger partial charge < -0.3 is 10.1 Å². The lowest BCUT2D eigenvalue weighted by Gasteiger charge is -2.14. The molecule has 1 amide bonds. The molecule has 2 aromatic carbocycles. The summed E-state index contributed by atoms with van der Waals surface area (Å²) in [4.78, 5) is 41.3. The van der Waals surface area contributed by atoms with E-state index in [0.29, 0.717) is 22.4 Å². The number of carbonyl (C=O) groups is 2. The van der Waals surface area contributed by atoms with Crippen molar-refractivity contribution in [2.45, 2.75) is 32.8 Å². The smallest absolute Gasteiger partial charge is 0.307 e. The first-order chi connectivity index (χ1) is 13.8.